The summed E-state index contributed by atoms with van der Waals surface area (Å²) >= 11 is 1.72. The molecule has 4 aliphatic rings. The number of aliphatic hydroxyl groups excluding tert-OH is 1. The maximum Gasteiger partial charge on any atom is 0.304 e. The lowest BCUT2D eigenvalue weighted by Crippen LogP contribution is -2.52. The van der Waals surface area contributed by atoms with Gasteiger partial charge in [0.1, 0.15) is 5.78 Å². The van der Waals surface area contributed by atoms with E-state index in [1.54, 1.807) is 11.8 Å². The summed E-state index contributed by atoms with van der Waals surface area (Å²) in [4.78, 5) is 23.9. The summed E-state index contributed by atoms with van der Waals surface area (Å²) in [6.45, 7) is 4.58. The highest BCUT2D eigenvalue weighted by Crippen LogP contribution is 2.65. The average Bonchev–Trinajstić information content (AvgIpc) is 2.86. The lowest BCUT2D eigenvalue weighted by molar-refractivity contribution is -0.136. The van der Waals surface area contributed by atoms with Crippen molar-refractivity contribution in [1.82, 2.24) is 0 Å². The molecule has 0 aromatic carbocycles. The average molecular weight is 393 g/mol. The molecule has 0 heterocycles. The molecule has 0 aromatic heterocycles. The van der Waals surface area contributed by atoms with Gasteiger partial charge in [0.05, 0.1) is 12.5 Å². The van der Waals surface area contributed by atoms with Crippen LogP contribution in [0, 0.1) is 28.6 Å². The number of carboxylic acids is 1. The van der Waals surface area contributed by atoms with Gasteiger partial charge in [-0.05, 0) is 61.7 Å². The number of Topliss-reactive ketones (excluding diaryl/α,β-unsaturated/α-hetero) is 1. The summed E-state index contributed by atoms with van der Waals surface area (Å²) in [6, 6.07) is 0. The Kier molecular flexibility index (Phi) is 4.99. The van der Waals surface area contributed by atoms with Crippen LogP contribution in [-0.4, -0.2) is 39.1 Å². The number of hydrogen-bond donors (Lipinski definition) is 2. The standard InChI is InChI=1S/C22H32O4S/c1-21-8-5-14(23)11-13(21)3-4-15-16(21)6-9-22(2)18(24)12-17(20(15)22)27-10-7-19(25)26/h3,14-17,20,23H,4-12H2,1-2H3,(H,25,26)/t14-,15+,16-,17?,20+,21-,22+/m0/s1. The number of allylic oxidation sites excluding steroid dienone is 1. The molecule has 150 valence electrons. The summed E-state index contributed by atoms with van der Waals surface area (Å²) in [5.41, 5.74) is 1.40. The molecule has 3 fully saturated rings. The molecule has 0 radical (unpaired) electrons. The van der Waals surface area contributed by atoms with E-state index in [9.17, 15) is 14.7 Å². The zero-order valence-corrected chi connectivity index (χ0v) is 17.3. The van der Waals surface area contributed by atoms with E-state index in [0.717, 1.165) is 38.5 Å². The molecule has 3 saturated carbocycles. The topological polar surface area (TPSA) is 74.6 Å². The molecule has 27 heavy (non-hydrogen) atoms. The highest BCUT2D eigenvalue weighted by atomic mass is 32.2. The molecule has 2 N–H and O–H groups in total. The summed E-state index contributed by atoms with van der Waals surface area (Å²) in [5, 5.41) is 19.4. The number of carbonyl (C=O) groups is 2. The molecule has 1 unspecified atom stereocenters. The third kappa shape index (κ3) is 3.09. The third-order valence-corrected chi connectivity index (χ3v) is 9.73. The van der Waals surface area contributed by atoms with Crippen LogP contribution in [0.15, 0.2) is 11.6 Å². The van der Waals surface area contributed by atoms with Gasteiger partial charge in [0.25, 0.3) is 0 Å². The number of fused-ring (bicyclic) bond motifs is 5. The Morgan fingerprint density at radius 3 is 2.70 bits per heavy atom. The highest BCUT2D eigenvalue weighted by Gasteiger charge is 2.61. The van der Waals surface area contributed by atoms with E-state index >= 15 is 0 Å². The van der Waals surface area contributed by atoms with Gasteiger partial charge in [0.2, 0.25) is 0 Å². The molecule has 0 aliphatic heterocycles. The van der Waals surface area contributed by atoms with Gasteiger partial charge in [-0.1, -0.05) is 25.5 Å². The van der Waals surface area contributed by atoms with E-state index < -0.39 is 5.97 Å². The van der Waals surface area contributed by atoms with Gasteiger partial charge in [0.15, 0.2) is 0 Å². The molecule has 0 saturated heterocycles. The summed E-state index contributed by atoms with van der Waals surface area (Å²) in [7, 11) is 0. The van der Waals surface area contributed by atoms with Gasteiger partial charge in [-0.25, -0.2) is 0 Å². The molecule has 7 atom stereocenters. The first kappa shape index (κ1) is 19.5. The molecule has 4 nitrogen and oxygen atoms in total. The normalized spacial score (nSPS) is 46.3. The van der Waals surface area contributed by atoms with Gasteiger partial charge in [-0.15, -0.1) is 0 Å². The Hall–Kier alpha value is -0.810. The van der Waals surface area contributed by atoms with Crippen molar-refractivity contribution in [2.45, 2.75) is 76.6 Å². The van der Waals surface area contributed by atoms with Gasteiger partial charge in [-0.2, -0.15) is 11.8 Å². The van der Waals surface area contributed by atoms with Crippen LogP contribution >= 0.6 is 11.8 Å². The van der Waals surface area contributed by atoms with Gasteiger partial charge in [0, 0.05) is 22.8 Å². The van der Waals surface area contributed by atoms with Crippen LogP contribution in [0.5, 0.6) is 0 Å². The second-order valence-electron chi connectivity index (χ2n) is 9.71. The van der Waals surface area contributed by atoms with E-state index in [4.69, 9.17) is 5.11 Å². The largest absolute Gasteiger partial charge is 0.481 e. The number of thioether (sulfide) groups is 1. The monoisotopic (exact) mass is 392 g/mol. The fourth-order valence-corrected chi connectivity index (χ4v) is 8.48. The second kappa shape index (κ2) is 6.91. The molecule has 0 aromatic rings. The Morgan fingerprint density at radius 2 is 1.96 bits per heavy atom. The first-order valence-corrected chi connectivity index (χ1v) is 11.5. The van der Waals surface area contributed by atoms with Crippen molar-refractivity contribution < 1.29 is 19.8 Å². The first-order chi connectivity index (χ1) is 12.8. The minimum Gasteiger partial charge on any atom is -0.481 e. The fraction of sp³-hybridized carbons (Fsp3) is 0.818. The first-order valence-electron chi connectivity index (χ1n) is 10.5. The zero-order chi connectivity index (χ0) is 19.4. The van der Waals surface area contributed by atoms with Crippen LogP contribution in [0.4, 0.5) is 0 Å². The molecule has 0 bridgehead atoms. The Balaban J connectivity index is 1.61. The predicted molar refractivity (Wildman–Crippen MR) is 107 cm³/mol. The van der Waals surface area contributed by atoms with E-state index in [-0.39, 0.29) is 28.6 Å². The smallest absolute Gasteiger partial charge is 0.304 e. The molecule has 0 amide bonds. The highest BCUT2D eigenvalue weighted by molar-refractivity contribution is 8.00. The van der Waals surface area contributed by atoms with Crippen LogP contribution in [0.2, 0.25) is 0 Å². The third-order valence-electron chi connectivity index (χ3n) is 8.40. The minimum absolute atomic E-state index is 0.172. The van der Waals surface area contributed by atoms with Gasteiger partial charge in [-0.3, -0.25) is 9.59 Å². The molecule has 4 rings (SSSR count). The lowest BCUT2D eigenvalue weighted by Gasteiger charge is -2.57. The quantitative estimate of drug-likeness (QED) is 0.706. The number of hydrogen-bond acceptors (Lipinski definition) is 4. The maximum atomic E-state index is 12.9. The van der Waals surface area contributed by atoms with Crippen molar-refractivity contribution in [3.05, 3.63) is 11.6 Å². The zero-order valence-electron chi connectivity index (χ0n) is 16.4. The van der Waals surface area contributed by atoms with Crippen LogP contribution < -0.4 is 0 Å². The summed E-state index contributed by atoms with van der Waals surface area (Å²) in [5.74, 6) is 1.72. The maximum absolute atomic E-state index is 12.9. The second-order valence-corrected chi connectivity index (χ2v) is 11.1. The molecule has 4 aliphatic carbocycles. The van der Waals surface area contributed by atoms with Crippen molar-refractivity contribution in [1.29, 1.82) is 0 Å². The van der Waals surface area contributed by atoms with E-state index in [0.29, 0.717) is 35.7 Å². The number of aliphatic hydroxyl groups is 1. The number of carboxylic acid groups (broad SMARTS) is 1. The van der Waals surface area contributed by atoms with Crippen molar-refractivity contribution in [2.24, 2.45) is 28.6 Å². The number of ketones is 1. The van der Waals surface area contributed by atoms with E-state index in [2.05, 4.69) is 19.9 Å². The molecular weight excluding hydrogens is 360 g/mol. The van der Waals surface area contributed by atoms with Crippen LogP contribution in [-0.2, 0) is 9.59 Å². The Bertz CT molecular complexity index is 673. The summed E-state index contributed by atoms with van der Waals surface area (Å²) in [6.07, 6.45) is 8.83. The van der Waals surface area contributed by atoms with Gasteiger partial charge >= 0.3 is 5.97 Å². The minimum atomic E-state index is -0.755. The van der Waals surface area contributed by atoms with Crippen molar-refractivity contribution in [3.63, 3.8) is 0 Å². The number of aliphatic carboxylic acids is 1. The van der Waals surface area contributed by atoms with Crippen LogP contribution in [0.3, 0.4) is 0 Å². The molecule has 0 spiro atoms. The number of carbonyl (C=O) groups excluding carboxylic acids is 1. The summed E-state index contributed by atoms with van der Waals surface area (Å²) < 4.78 is 0. The van der Waals surface area contributed by atoms with Gasteiger partial charge < -0.3 is 10.2 Å². The fourth-order valence-electron chi connectivity index (χ4n) is 6.91. The Labute approximate surface area is 166 Å². The van der Waals surface area contributed by atoms with Crippen molar-refractivity contribution >= 4 is 23.5 Å². The molecule has 5 heteroatoms. The van der Waals surface area contributed by atoms with E-state index in [1.807, 2.05) is 0 Å². The van der Waals surface area contributed by atoms with E-state index in [1.165, 1.54) is 5.57 Å². The predicted octanol–water partition coefficient (Wildman–Crippen LogP) is 4.07. The van der Waals surface area contributed by atoms with Crippen LogP contribution in [0.25, 0.3) is 0 Å². The SMILES string of the molecule is C[C@]12CC[C@H](O)CC1=CC[C@@H]1[C@@H]2CC[C@]2(C)C(=O)CC(SCCC(=O)O)[C@@H]12. The van der Waals surface area contributed by atoms with Crippen molar-refractivity contribution in [3.8, 4) is 0 Å². The van der Waals surface area contributed by atoms with Crippen LogP contribution in [0.1, 0.15) is 65.2 Å². The van der Waals surface area contributed by atoms with Crippen molar-refractivity contribution in [2.75, 3.05) is 5.75 Å². The number of rotatable bonds is 4. The molecular formula is C22H32O4S. The Morgan fingerprint density at radius 1 is 1.22 bits per heavy atom. The lowest BCUT2D eigenvalue weighted by atomic mass is 9.48.